The summed E-state index contributed by atoms with van der Waals surface area (Å²) in [6.45, 7) is 5.84. The fraction of sp³-hybridized carbons (Fsp3) is 0.231. The number of primary amides is 1. The lowest BCUT2D eigenvalue weighted by Gasteiger charge is -2.19. The van der Waals surface area contributed by atoms with E-state index in [0.29, 0.717) is 12.1 Å². The molecule has 0 atom stereocenters. The van der Waals surface area contributed by atoms with Gasteiger partial charge in [0.1, 0.15) is 0 Å². The quantitative estimate of drug-likeness (QED) is 0.831. The number of nitrogens with zero attached hydrogens (tertiary/aromatic N) is 1. The number of hydrogen-bond acceptors (Lipinski definition) is 2. The van der Waals surface area contributed by atoms with Gasteiger partial charge in [-0.3, -0.25) is 9.59 Å². The molecule has 0 aliphatic heterocycles. The van der Waals surface area contributed by atoms with Crippen LogP contribution < -0.4 is 5.73 Å². The summed E-state index contributed by atoms with van der Waals surface area (Å²) < 4.78 is 0. The number of hydrogen-bond donors (Lipinski definition) is 1. The Bertz CT molecular complexity index is 424. The third kappa shape index (κ3) is 3.45. The SMILES string of the molecule is C=Cc1ccc(C(=O)N(CC)CC(N)=O)cc1. The summed E-state index contributed by atoms with van der Waals surface area (Å²) in [6.07, 6.45) is 1.70. The van der Waals surface area contributed by atoms with Crippen molar-refractivity contribution in [1.82, 2.24) is 4.90 Å². The average molecular weight is 232 g/mol. The molecule has 0 saturated heterocycles. The van der Waals surface area contributed by atoms with Gasteiger partial charge in [-0.2, -0.15) is 0 Å². The second kappa shape index (κ2) is 5.84. The van der Waals surface area contributed by atoms with Crippen LogP contribution >= 0.6 is 0 Å². The van der Waals surface area contributed by atoms with Crippen molar-refractivity contribution in [3.05, 3.63) is 42.0 Å². The molecule has 90 valence electrons. The molecule has 0 aliphatic carbocycles. The topological polar surface area (TPSA) is 63.4 Å². The second-order valence-electron chi connectivity index (χ2n) is 3.61. The van der Waals surface area contributed by atoms with E-state index >= 15 is 0 Å². The fourth-order valence-corrected chi connectivity index (χ4v) is 1.46. The second-order valence-corrected chi connectivity index (χ2v) is 3.61. The Hall–Kier alpha value is -2.10. The largest absolute Gasteiger partial charge is 0.368 e. The number of carbonyl (C=O) groups is 2. The van der Waals surface area contributed by atoms with Crippen molar-refractivity contribution in [1.29, 1.82) is 0 Å². The first-order valence-corrected chi connectivity index (χ1v) is 5.38. The van der Waals surface area contributed by atoms with Crippen LogP contribution in [-0.2, 0) is 4.79 Å². The summed E-state index contributed by atoms with van der Waals surface area (Å²) in [6, 6.07) is 7.03. The van der Waals surface area contributed by atoms with Gasteiger partial charge in [0.2, 0.25) is 5.91 Å². The molecule has 2 N–H and O–H groups in total. The number of nitrogens with two attached hydrogens (primary N) is 1. The van der Waals surface area contributed by atoms with Crippen molar-refractivity contribution in [2.45, 2.75) is 6.92 Å². The van der Waals surface area contributed by atoms with Crippen molar-refractivity contribution < 1.29 is 9.59 Å². The molecule has 0 aromatic heterocycles. The van der Waals surface area contributed by atoms with E-state index in [9.17, 15) is 9.59 Å². The van der Waals surface area contributed by atoms with Gasteiger partial charge in [-0.05, 0) is 24.6 Å². The smallest absolute Gasteiger partial charge is 0.254 e. The minimum absolute atomic E-state index is 0.0570. The Kier molecular flexibility index (Phi) is 4.46. The maximum Gasteiger partial charge on any atom is 0.254 e. The average Bonchev–Trinajstić information content (AvgIpc) is 2.35. The highest BCUT2D eigenvalue weighted by atomic mass is 16.2. The van der Waals surface area contributed by atoms with Crippen LogP contribution in [0.2, 0.25) is 0 Å². The van der Waals surface area contributed by atoms with Crippen LogP contribution in [0.1, 0.15) is 22.8 Å². The Morgan fingerprint density at radius 1 is 1.35 bits per heavy atom. The maximum absolute atomic E-state index is 12.0. The molecular weight excluding hydrogens is 216 g/mol. The number of carbonyl (C=O) groups excluding carboxylic acids is 2. The van der Waals surface area contributed by atoms with Crippen LogP contribution in [0.3, 0.4) is 0 Å². The van der Waals surface area contributed by atoms with Crippen molar-refractivity contribution in [2.24, 2.45) is 5.73 Å². The van der Waals surface area contributed by atoms with Crippen molar-refractivity contribution >= 4 is 17.9 Å². The molecule has 0 unspecified atom stereocenters. The zero-order valence-corrected chi connectivity index (χ0v) is 9.85. The van der Waals surface area contributed by atoms with E-state index in [0.717, 1.165) is 5.56 Å². The van der Waals surface area contributed by atoms with E-state index in [1.165, 1.54) is 4.90 Å². The van der Waals surface area contributed by atoms with Gasteiger partial charge in [-0.15, -0.1) is 0 Å². The Labute approximate surface area is 101 Å². The first kappa shape index (κ1) is 13.0. The van der Waals surface area contributed by atoms with E-state index in [1.54, 1.807) is 37.3 Å². The lowest BCUT2D eigenvalue weighted by atomic mass is 10.1. The number of amides is 2. The van der Waals surface area contributed by atoms with Crippen molar-refractivity contribution in [2.75, 3.05) is 13.1 Å². The first-order valence-electron chi connectivity index (χ1n) is 5.38. The molecule has 17 heavy (non-hydrogen) atoms. The highest BCUT2D eigenvalue weighted by molar-refractivity contribution is 5.96. The van der Waals surface area contributed by atoms with E-state index in [4.69, 9.17) is 5.73 Å². The Balaban J connectivity index is 2.85. The van der Waals surface area contributed by atoms with Gasteiger partial charge in [-0.25, -0.2) is 0 Å². The molecule has 4 nitrogen and oxygen atoms in total. The highest BCUT2D eigenvalue weighted by Gasteiger charge is 2.15. The molecule has 4 heteroatoms. The van der Waals surface area contributed by atoms with Gasteiger partial charge in [0, 0.05) is 12.1 Å². The van der Waals surface area contributed by atoms with Crippen molar-refractivity contribution in [3.8, 4) is 0 Å². The summed E-state index contributed by atoms with van der Waals surface area (Å²) >= 11 is 0. The van der Waals surface area contributed by atoms with Crippen LogP contribution in [0.4, 0.5) is 0 Å². The molecule has 0 aliphatic rings. The van der Waals surface area contributed by atoms with Gasteiger partial charge in [0.05, 0.1) is 6.54 Å². The van der Waals surface area contributed by atoms with Gasteiger partial charge in [-0.1, -0.05) is 24.8 Å². The zero-order valence-electron chi connectivity index (χ0n) is 9.85. The zero-order chi connectivity index (χ0) is 12.8. The summed E-state index contributed by atoms with van der Waals surface area (Å²) in [4.78, 5) is 24.2. The minimum atomic E-state index is -0.511. The van der Waals surface area contributed by atoms with Crippen LogP contribution in [0.25, 0.3) is 6.08 Å². The molecule has 0 bridgehead atoms. The molecule has 1 rings (SSSR count). The summed E-state index contributed by atoms with van der Waals surface area (Å²) in [5.41, 5.74) is 6.57. The summed E-state index contributed by atoms with van der Waals surface area (Å²) in [5, 5.41) is 0. The monoisotopic (exact) mass is 232 g/mol. The molecule has 0 saturated carbocycles. The minimum Gasteiger partial charge on any atom is -0.368 e. The Morgan fingerprint density at radius 3 is 2.35 bits per heavy atom. The third-order valence-corrected chi connectivity index (χ3v) is 2.41. The first-order chi connectivity index (χ1) is 8.08. The van der Waals surface area contributed by atoms with Gasteiger partial charge in [0.25, 0.3) is 5.91 Å². The third-order valence-electron chi connectivity index (χ3n) is 2.41. The van der Waals surface area contributed by atoms with E-state index in [-0.39, 0.29) is 12.5 Å². The molecule has 0 spiro atoms. The number of likely N-dealkylation sites (N-methyl/N-ethyl adjacent to an activating group) is 1. The van der Waals surface area contributed by atoms with Gasteiger partial charge < -0.3 is 10.6 Å². The lowest BCUT2D eigenvalue weighted by molar-refractivity contribution is -0.118. The molecule has 0 radical (unpaired) electrons. The predicted octanol–water partition coefficient (Wildman–Crippen LogP) is 1.28. The van der Waals surface area contributed by atoms with Crippen molar-refractivity contribution in [3.63, 3.8) is 0 Å². The van der Waals surface area contributed by atoms with Gasteiger partial charge >= 0.3 is 0 Å². The number of benzene rings is 1. The molecule has 1 aromatic rings. The van der Waals surface area contributed by atoms with Crippen LogP contribution in [0.15, 0.2) is 30.8 Å². The highest BCUT2D eigenvalue weighted by Crippen LogP contribution is 2.08. The van der Waals surface area contributed by atoms with E-state index in [1.807, 2.05) is 0 Å². The van der Waals surface area contributed by atoms with Crippen LogP contribution in [0.5, 0.6) is 0 Å². The molecule has 0 fully saturated rings. The molecule has 0 heterocycles. The maximum atomic E-state index is 12.0. The molecular formula is C13H16N2O2. The van der Waals surface area contributed by atoms with Crippen LogP contribution in [0, 0.1) is 0 Å². The Morgan fingerprint density at radius 2 is 1.94 bits per heavy atom. The summed E-state index contributed by atoms with van der Waals surface area (Å²) in [5.74, 6) is -0.704. The lowest BCUT2D eigenvalue weighted by Crippen LogP contribution is -2.38. The normalized spacial score (nSPS) is 9.71. The standard InChI is InChI=1S/C13H16N2O2/c1-3-10-5-7-11(8-6-10)13(17)15(4-2)9-12(14)16/h3,5-8H,1,4,9H2,2H3,(H2,14,16). The summed E-state index contributed by atoms with van der Waals surface area (Å²) in [7, 11) is 0. The van der Waals surface area contributed by atoms with E-state index in [2.05, 4.69) is 6.58 Å². The van der Waals surface area contributed by atoms with Gasteiger partial charge in [0.15, 0.2) is 0 Å². The van der Waals surface area contributed by atoms with Crippen LogP contribution in [-0.4, -0.2) is 29.8 Å². The van der Waals surface area contributed by atoms with E-state index < -0.39 is 5.91 Å². The fourth-order valence-electron chi connectivity index (χ4n) is 1.46. The predicted molar refractivity (Wildman–Crippen MR) is 67.3 cm³/mol. The number of rotatable bonds is 5. The molecule has 2 amide bonds. The molecule has 1 aromatic carbocycles.